The Bertz CT molecular complexity index is 436. The summed E-state index contributed by atoms with van der Waals surface area (Å²) in [5.74, 6) is -0.556. The van der Waals surface area contributed by atoms with Crippen molar-refractivity contribution in [2.45, 2.75) is 12.8 Å². The maximum Gasteiger partial charge on any atom is 0.303 e. The van der Waals surface area contributed by atoms with Crippen LogP contribution < -0.4 is 10.1 Å². The van der Waals surface area contributed by atoms with E-state index < -0.39 is 11.9 Å². The molecule has 0 atom stereocenters. The van der Waals surface area contributed by atoms with Gasteiger partial charge in [-0.3, -0.25) is 9.59 Å². The third-order valence-electron chi connectivity index (χ3n) is 1.87. The van der Waals surface area contributed by atoms with Gasteiger partial charge in [-0.05, 0) is 15.9 Å². The predicted octanol–water partition coefficient (Wildman–Crippen LogP) is 1.66. The van der Waals surface area contributed by atoms with Crippen molar-refractivity contribution in [3.8, 4) is 5.75 Å². The van der Waals surface area contributed by atoms with Crippen LogP contribution in [0.1, 0.15) is 12.8 Å². The van der Waals surface area contributed by atoms with E-state index >= 15 is 0 Å². The average molecular weight is 303 g/mol. The molecule has 1 rings (SSSR count). The Kier molecular flexibility index (Phi) is 4.89. The summed E-state index contributed by atoms with van der Waals surface area (Å²) in [6.45, 7) is 0. The number of methoxy groups -OCH3 is 1. The van der Waals surface area contributed by atoms with Crippen LogP contribution in [0, 0.1) is 0 Å². The van der Waals surface area contributed by atoms with Crippen molar-refractivity contribution in [2.75, 3.05) is 12.4 Å². The van der Waals surface area contributed by atoms with Gasteiger partial charge in [-0.1, -0.05) is 0 Å². The molecule has 1 aromatic heterocycles. The number of nitrogens with zero attached hydrogens (tertiary/aromatic N) is 1. The number of carbonyl (C=O) groups excluding carboxylic acids is 1. The van der Waals surface area contributed by atoms with E-state index in [0.29, 0.717) is 16.0 Å². The Morgan fingerprint density at radius 1 is 1.53 bits per heavy atom. The third-order valence-corrected chi connectivity index (χ3v) is 2.47. The molecule has 17 heavy (non-hydrogen) atoms. The predicted molar refractivity (Wildman–Crippen MR) is 64.0 cm³/mol. The number of pyridine rings is 1. The summed E-state index contributed by atoms with van der Waals surface area (Å²) in [6.07, 6.45) is 1.19. The molecule has 1 heterocycles. The van der Waals surface area contributed by atoms with Gasteiger partial charge in [-0.25, -0.2) is 4.98 Å². The molecule has 7 heteroatoms. The number of nitrogens with one attached hydrogen (secondary N) is 1. The zero-order valence-electron chi connectivity index (χ0n) is 9.07. The second-order valence-corrected chi connectivity index (χ2v) is 4.00. The van der Waals surface area contributed by atoms with Crippen LogP contribution >= 0.6 is 15.9 Å². The van der Waals surface area contributed by atoms with Gasteiger partial charge in [0, 0.05) is 18.7 Å². The first-order valence-corrected chi connectivity index (χ1v) is 5.53. The van der Waals surface area contributed by atoms with Crippen LogP contribution in [0.5, 0.6) is 5.75 Å². The van der Waals surface area contributed by atoms with Crippen molar-refractivity contribution >= 4 is 33.6 Å². The number of rotatable bonds is 5. The molecule has 0 fully saturated rings. The highest BCUT2D eigenvalue weighted by Gasteiger charge is 2.08. The first-order chi connectivity index (χ1) is 8.02. The van der Waals surface area contributed by atoms with Gasteiger partial charge in [0.2, 0.25) is 5.91 Å². The maximum atomic E-state index is 11.3. The standard InChI is InChI=1S/C10H11BrN2O4/c1-17-7-4-8(12-5-6(7)11)13-9(14)2-3-10(15)16/h4-5H,2-3H2,1H3,(H,15,16)(H,12,13,14). The number of carboxylic acids is 1. The summed E-state index contributed by atoms with van der Waals surface area (Å²) < 4.78 is 5.70. The number of hydrogen-bond acceptors (Lipinski definition) is 4. The van der Waals surface area contributed by atoms with Crippen LogP contribution in [-0.4, -0.2) is 29.1 Å². The van der Waals surface area contributed by atoms with Gasteiger partial charge in [0.05, 0.1) is 18.0 Å². The zero-order valence-corrected chi connectivity index (χ0v) is 10.7. The molecular formula is C10H11BrN2O4. The van der Waals surface area contributed by atoms with Crippen LogP contribution in [0.25, 0.3) is 0 Å². The fraction of sp³-hybridized carbons (Fsp3) is 0.300. The van der Waals surface area contributed by atoms with Gasteiger partial charge in [-0.2, -0.15) is 0 Å². The Balaban J connectivity index is 2.62. The van der Waals surface area contributed by atoms with Gasteiger partial charge < -0.3 is 15.2 Å². The minimum absolute atomic E-state index is 0.0879. The molecule has 0 spiro atoms. The topological polar surface area (TPSA) is 88.5 Å². The maximum absolute atomic E-state index is 11.3. The monoisotopic (exact) mass is 302 g/mol. The number of aliphatic carboxylic acids is 1. The molecule has 2 N–H and O–H groups in total. The number of carbonyl (C=O) groups is 2. The van der Waals surface area contributed by atoms with Crippen molar-refractivity contribution < 1.29 is 19.4 Å². The minimum Gasteiger partial charge on any atom is -0.495 e. The summed E-state index contributed by atoms with van der Waals surface area (Å²) in [7, 11) is 1.50. The van der Waals surface area contributed by atoms with Crippen molar-refractivity contribution in [3.05, 3.63) is 16.7 Å². The van der Waals surface area contributed by atoms with E-state index in [9.17, 15) is 9.59 Å². The number of halogens is 1. The van der Waals surface area contributed by atoms with Crippen LogP contribution in [-0.2, 0) is 9.59 Å². The highest BCUT2D eigenvalue weighted by Crippen LogP contribution is 2.25. The first kappa shape index (κ1) is 13.4. The number of aromatic nitrogens is 1. The Morgan fingerprint density at radius 2 is 2.24 bits per heavy atom. The average Bonchev–Trinajstić information content (AvgIpc) is 2.29. The van der Waals surface area contributed by atoms with Crippen molar-refractivity contribution in [3.63, 3.8) is 0 Å². The number of amides is 1. The van der Waals surface area contributed by atoms with Crippen molar-refractivity contribution in [2.24, 2.45) is 0 Å². The van der Waals surface area contributed by atoms with E-state index in [1.54, 1.807) is 6.07 Å². The third kappa shape index (κ3) is 4.39. The van der Waals surface area contributed by atoms with E-state index in [-0.39, 0.29) is 12.8 Å². The molecule has 0 saturated carbocycles. The van der Waals surface area contributed by atoms with E-state index in [4.69, 9.17) is 9.84 Å². The molecule has 0 radical (unpaired) electrons. The summed E-state index contributed by atoms with van der Waals surface area (Å²) in [6, 6.07) is 1.54. The lowest BCUT2D eigenvalue weighted by atomic mass is 10.3. The molecular weight excluding hydrogens is 292 g/mol. The molecule has 0 saturated heterocycles. The van der Waals surface area contributed by atoms with Crippen LogP contribution in [0.4, 0.5) is 5.82 Å². The molecule has 0 aliphatic rings. The Labute approximate surface area is 106 Å². The largest absolute Gasteiger partial charge is 0.495 e. The first-order valence-electron chi connectivity index (χ1n) is 4.74. The molecule has 0 aliphatic carbocycles. The fourth-order valence-electron chi connectivity index (χ4n) is 1.07. The second kappa shape index (κ2) is 6.19. The molecule has 1 amide bonds. The molecule has 92 valence electrons. The van der Waals surface area contributed by atoms with Gasteiger partial charge in [0.25, 0.3) is 0 Å². The number of anilines is 1. The summed E-state index contributed by atoms with van der Waals surface area (Å²) >= 11 is 3.23. The highest BCUT2D eigenvalue weighted by molar-refractivity contribution is 9.10. The molecule has 6 nitrogen and oxygen atoms in total. The molecule has 0 aliphatic heterocycles. The SMILES string of the molecule is COc1cc(NC(=O)CCC(=O)O)ncc1Br. The van der Waals surface area contributed by atoms with Gasteiger partial charge in [0.1, 0.15) is 11.6 Å². The molecule has 0 aromatic carbocycles. The zero-order chi connectivity index (χ0) is 12.8. The van der Waals surface area contributed by atoms with Crippen molar-refractivity contribution in [1.82, 2.24) is 4.98 Å². The van der Waals surface area contributed by atoms with Gasteiger partial charge >= 0.3 is 5.97 Å². The lowest BCUT2D eigenvalue weighted by Gasteiger charge is -2.06. The van der Waals surface area contributed by atoms with Crippen LogP contribution in [0.2, 0.25) is 0 Å². The Hall–Kier alpha value is -1.63. The smallest absolute Gasteiger partial charge is 0.303 e. The molecule has 0 bridgehead atoms. The summed E-state index contributed by atoms with van der Waals surface area (Å²) in [5.41, 5.74) is 0. The normalized spacial score (nSPS) is 9.76. The van der Waals surface area contributed by atoms with Gasteiger partial charge in [-0.15, -0.1) is 0 Å². The number of carboxylic acid groups (broad SMARTS) is 1. The number of hydrogen-bond donors (Lipinski definition) is 2. The summed E-state index contributed by atoms with van der Waals surface area (Å²) in [4.78, 5) is 25.6. The van der Waals surface area contributed by atoms with E-state index in [0.717, 1.165) is 0 Å². The summed E-state index contributed by atoms with van der Waals surface area (Å²) in [5, 5.41) is 10.9. The lowest BCUT2D eigenvalue weighted by Crippen LogP contribution is -2.14. The Morgan fingerprint density at radius 3 is 2.82 bits per heavy atom. The minimum atomic E-state index is -1.01. The molecule has 0 unspecified atom stereocenters. The quantitative estimate of drug-likeness (QED) is 0.863. The van der Waals surface area contributed by atoms with E-state index in [1.165, 1.54) is 13.3 Å². The van der Waals surface area contributed by atoms with Crippen molar-refractivity contribution in [1.29, 1.82) is 0 Å². The van der Waals surface area contributed by atoms with E-state index in [1.807, 2.05) is 0 Å². The van der Waals surface area contributed by atoms with Crippen LogP contribution in [0.15, 0.2) is 16.7 Å². The van der Waals surface area contributed by atoms with Crippen LogP contribution in [0.3, 0.4) is 0 Å². The highest BCUT2D eigenvalue weighted by atomic mass is 79.9. The van der Waals surface area contributed by atoms with Gasteiger partial charge in [0.15, 0.2) is 0 Å². The molecule has 1 aromatic rings. The fourth-order valence-corrected chi connectivity index (χ4v) is 1.45. The number of ether oxygens (including phenoxy) is 1. The lowest BCUT2D eigenvalue weighted by molar-refractivity contribution is -0.138. The second-order valence-electron chi connectivity index (χ2n) is 3.15. The van der Waals surface area contributed by atoms with E-state index in [2.05, 4.69) is 26.2 Å².